The Labute approximate surface area is 205 Å². The summed E-state index contributed by atoms with van der Waals surface area (Å²) in [6.07, 6.45) is 6.71. The molecule has 3 heterocycles. The number of aryl methyl sites for hydroxylation is 1. The van der Waals surface area contributed by atoms with Gasteiger partial charge >= 0.3 is 0 Å². The fourth-order valence-corrected chi connectivity index (χ4v) is 6.13. The fourth-order valence-electron chi connectivity index (χ4n) is 5.57. The minimum Gasteiger partial charge on any atom is -0.495 e. The van der Waals surface area contributed by atoms with Crippen molar-refractivity contribution in [1.29, 1.82) is 0 Å². The summed E-state index contributed by atoms with van der Waals surface area (Å²) in [6.45, 7) is 4.31. The summed E-state index contributed by atoms with van der Waals surface area (Å²) in [7, 11) is 1.69. The molecule has 1 aliphatic heterocycles. The van der Waals surface area contributed by atoms with Crippen LogP contribution in [-0.2, 0) is 0 Å². The molecule has 0 amide bonds. The number of rotatable bonds is 5. The van der Waals surface area contributed by atoms with Gasteiger partial charge in [-0.25, -0.2) is 0 Å². The van der Waals surface area contributed by atoms with E-state index < -0.39 is 0 Å². The molecule has 1 aromatic carbocycles. The molecule has 2 aromatic heterocycles. The molecule has 1 aliphatic carbocycles. The monoisotopic (exact) mass is 480 g/mol. The minimum atomic E-state index is -0.00509. The van der Waals surface area contributed by atoms with Gasteiger partial charge in [-0.2, -0.15) is 0 Å². The number of methoxy groups -OCH3 is 1. The van der Waals surface area contributed by atoms with Crippen LogP contribution in [0, 0.1) is 13.8 Å². The Morgan fingerprint density at radius 1 is 1.12 bits per heavy atom. The highest BCUT2D eigenvalue weighted by molar-refractivity contribution is 7.80. The van der Waals surface area contributed by atoms with Gasteiger partial charge in [0.1, 0.15) is 5.75 Å². The first-order chi connectivity index (χ1) is 16.0. The maximum Gasteiger partial charge on any atom is 0.170 e. The number of thiocarbonyl (C=S) groups is 1. The Kier molecular flexibility index (Phi) is 6.06. The number of halogens is 1. The van der Waals surface area contributed by atoms with Crippen LogP contribution in [0.15, 0.2) is 48.7 Å². The Bertz CT molecular complexity index is 1170. The summed E-state index contributed by atoms with van der Waals surface area (Å²) in [5.74, 6) is 0.793. The van der Waals surface area contributed by atoms with E-state index in [0.717, 1.165) is 33.6 Å². The summed E-state index contributed by atoms with van der Waals surface area (Å²) < 4.78 is 7.92. The second-order valence-electron chi connectivity index (χ2n) is 8.95. The molecule has 0 unspecified atom stereocenters. The second kappa shape index (κ2) is 8.99. The number of hydrogen-bond acceptors (Lipinski definition) is 3. The molecule has 33 heavy (non-hydrogen) atoms. The first kappa shape index (κ1) is 22.2. The van der Waals surface area contributed by atoms with E-state index in [9.17, 15) is 0 Å². The minimum absolute atomic E-state index is 0.00509. The standard InChI is InChI=1S/C26H29ClN4OS/c1-16-14-20(17(2)30(16)22-15-18(27)11-12-23(22)32-3)25-24(21-10-6-7-13-28-21)29-26(33)31(25)19-8-4-5-9-19/h6-7,10-15,19,24-25H,4-5,8-9H2,1-3H3,(H,29,33)/t24-,25-/m0/s1. The van der Waals surface area contributed by atoms with Crippen LogP contribution in [0.4, 0.5) is 0 Å². The molecule has 1 N–H and O–H groups in total. The maximum atomic E-state index is 6.38. The molecule has 172 valence electrons. The van der Waals surface area contributed by atoms with E-state index in [1.54, 1.807) is 7.11 Å². The Balaban J connectivity index is 1.66. The van der Waals surface area contributed by atoms with Gasteiger partial charge in [0.05, 0.1) is 30.6 Å². The number of ether oxygens (including phenoxy) is 1. The lowest BCUT2D eigenvalue weighted by atomic mass is 9.95. The van der Waals surface area contributed by atoms with Crippen LogP contribution < -0.4 is 10.1 Å². The van der Waals surface area contributed by atoms with Crippen LogP contribution in [0.1, 0.15) is 60.4 Å². The van der Waals surface area contributed by atoms with Crippen molar-refractivity contribution in [3.8, 4) is 11.4 Å². The summed E-state index contributed by atoms with van der Waals surface area (Å²) in [6, 6.07) is 14.6. The summed E-state index contributed by atoms with van der Waals surface area (Å²) >= 11 is 12.3. The van der Waals surface area contributed by atoms with Gasteiger partial charge in [0.25, 0.3) is 0 Å². The van der Waals surface area contributed by atoms with Crippen molar-refractivity contribution in [3.05, 3.63) is 76.3 Å². The van der Waals surface area contributed by atoms with Crippen molar-refractivity contribution in [2.75, 3.05) is 7.11 Å². The van der Waals surface area contributed by atoms with Crippen LogP contribution in [0.5, 0.6) is 5.75 Å². The van der Waals surface area contributed by atoms with Crippen LogP contribution >= 0.6 is 23.8 Å². The molecule has 2 fully saturated rings. The van der Waals surface area contributed by atoms with Crippen molar-refractivity contribution in [1.82, 2.24) is 19.8 Å². The molecule has 3 aromatic rings. The lowest BCUT2D eigenvalue weighted by molar-refractivity contribution is 0.245. The van der Waals surface area contributed by atoms with Crippen molar-refractivity contribution >= 4 is 28.9 Å². The van der Waals surface area contributed by atoms with Crippen LogP contribution in [0.3, 0.4) is 0 Å². The molecular formula is C26H29ClN4OS. The normalized spacial score (nSPS) is 21.0. The molecule has 0 spiro atoms. The third-order valence-electron chi connectivity index (χ3n) is 7.02. The van der Waals surface area contributed by atoms with E-state index in [-0.39, 0.29) is 12.1 Å². The Morgan fingerprint density at radius 2 is 1.91 bits per heavy atom. The highest BCUT2D eigenvalue weighted by Crippen LogP contribution is 2.45. The van der Waals surface area contributed by atoms with Crippen molar-refractivity contribution in [3.63, 3.8) is 0 Å². The SMILES string of the molecule is COc1ccc(Cl)cc1-n1c(C)cc([C@H]2[C@H](c3ccccn3)NC(=S)N2C2CCCC2)c1C. The molecule has 2 atom stereocenters. The predicted molar refractivity (Wildman–Crippen MR) is 136 cm³/mol. The average Bonchev–Trinajstić information content (AvgIpc) is 3.52. The van der Waals surface area contributed by atoms with Crippen LogP contribution in [0.25, 0.3) is 5.69 Å². The zero-order valence-corrected chi connectivity index (χ0v) is 20.8. The molecule has 7 heteroatoms. The largest absolute Gasteiger partial charge is 0.495 e. The third kappa shape index (κ3) is 3.89. The molecule has 2 aliphatic rings. The third-order valence-corrected chi connectivity index (χ3v) is 7.59. The average molecular weight is 481 g/mol. The number of benzene rings is 1. The first-order valence-corrected chi connectivity index (χ1v) is 12.3. The summed E-state index contributed by atoms with van der Waals surface area (Å²) in [4.78, 5) is 7.14. The smallest absolute Gasteiger partial charge is 0.170 e. The maximum absolute atomic E-state index is 6.38. The number of pyridine rings is 1. The molecule has 0 radical (unpaired) electrons. The van der Waals surface area contributed by atoms with E-state index in [0.29, 0.717) is 11.1 Å². The van der Waals surface area contributed by atoms with E-state index in [2.05, 4.69) is 40.8 Å². The lowest BCUT2D eigenvalue weighted by Crippen LogP contribution is -2.37. The van der Waals surface area contributed by atoms with E-state index in [1.165, 1.54) is 31.2 Å². The molecular weight excluding hydrogens is 452 g/mol. The van der Waals surface area contributed by atoms with E-state index >= 15 is 0 Å². The quantitative estimate of drug-likeness (QED) is 0.449. The van der Waals surface area contributed by atoms with Gasteiger partial charge in [0, 0.05) is 28.6 Å². The molecule has 0 bridgehead atoms. The van der Waals surface area contributed by atoms with Gasteiger partial charge in [-0.15, -0.1) is 0 Å². The van der Waals surface area contributed by atoms with Gasteiger partial charge in [0.15, 0.2) is 5.11 Å². The summed E-state index contributed by atoms with van der Waals surface area (Å²) in [5.41, 5.74) is 5.50. The molecule has 5 rings (SSSR count). The lowest BCUT2D eigenvalue weighted by Gasteiger charge is -2.33. The zero-order valence-electron chi connectivity index (χ0n) is 19.2. The van der Waals surface area contributed by atoms with Crippen molar-refractivity contribution in [2.24, 2.45) is 0 Å². The van der Waals surface area contributed by atoms with E-state index in [1.807, 2.05) is 36.5 Å². The Morgan fingerprint density at radius 3 is 2.61 bits per heavy atom. The highest BCUT2D eigenvalue weighted by atomic mass is 35.5. The predicted octanol–water partition coefficient (Wildman–Crippen LogP) is 6.07. The van der Waals surface area contributed by atoms with Crippen LogP contribution in [-0.4, -0.2) is 32.7 Å². The van der Waals surface area contributed by atoms with Gasteiger partial charge in [-0.3, -0.25) is 4.98 Å². The highest BCUT2D eigenvalue weighted by Gasteiger charge is 2.44. The molecule has 5 nitrogen and oxygen atoms in total. The fraction of sp³-hybridized carbons (Fsp3) is 0.385. The Hall–Kier alpha value is -2.57. The van der Waals surface area contributed by atoms with E-state index in [4.69, 9.17) is 33.5 Å². The topological polar surface area (TPSA) is 42.3 Å². The van der Waals surface area contributed by atoms with Crippen LogP contribution in [0.2, 0.25) is 5.02 Å². The number of nitrogens with zero attached hydrogens (tertiary/aromatic N) is 3. The molecule has 1 saturated heterocycles. The van der Waals surface area contributed by atoms with Gasteiger partial charge in [-0.1, -0.05) is 30.5 Å². The summed E-state index contributed by atoms with van der Waals surface area (Å²) in [5, 5.41) is 5.12. The first-order valence-electron chi connectivity index (χ1n) is 11.5. The van der Waals surface area contributed by atoms with Gasteiger partial charge in [0.2, 0.25) is 0 Å². The number of aromatic nitrogens is 2. The number of hydrogen-bond donors (Lipinski definition) is 1. The van der Waals surface area contributed by atoms with Crippen molar-refractivity contribution in [2.45, 2.75) is 57.7 Å². The molecule has 1 saturated carbocycles. The van der Waals surface area contributed by atoms with Gasteiger partial charge in [-0.05, 0) is 80.9 Å². The van der Waals surface area contributed by atoms with Gasteiger partial charge < -0.3 is 19.5 Å². The zero-order chi connectivity index (χ0) is 23.1. The second-order valence-corrected chi connectivity index (χ2v) is 9.77. The number of nitrogens with one attached hydrogen (secondary N) is 1. The van der Waals surface area contributed by atoms with Crippen molar-refractivity contribution < 1.29 is 4.74 Å².